The van der Waals surface area contributed by atoms with Gasteiger partial charge in [-0.1, -0.05) is 0 Å². The second-order valence-electron chi connectivity index (χ2n) is 4.84. The quantitative estimate of drug-likeness (QED) is 0.656. The maximum absolute atomic E-state index is 13.2. The summed E-state index contributed by atoms with van der Waals surface area (Å²) in [5.41, 5.74) is 0. The van der Waals surface area contributed by atoms with Gasteiger partial charge >= 0.3 is 24.2 Å². The third kappa shape index (κ3) is 3.63. The zero-order valence-corrected chi connectivity index (χ0v) is 10.7. The van der Waals surface area contributed by atoms with E-state index in [1.807, 2.05) is 0 Å². The van der Waals surface area contributed by atoms with Crippen molar-refractivity contribution in [1.29, 1.82) is 0 Å². The SMILES string of the molecule is FC(C1CCC(C(F)C(F)(F)C(F)(F)F)O1)C(F)(F)C(F)(F)F. The van der Waals surface area contributed by atoms with Crippen molar-refractivity contribution >= 4 is 0 Å². The van der Waals surface area contributed by atoms with E-state index in [0.717, 1.165) is 0 Å². The number of alkyl halides is 12. The zero-order chi connectivity index (χ0) is 18.4. The standard InChI is InChI=1S/C10H8F12O/c11-5(7(13,14)9(17,18)19)3-1-2-4(23-3)6(12)8(15,16)10(20,21)22/h3-6H,1-2H2. The van der Waals surface area contributed by atoms with Crippen LogP contribution in [0.25, 0.3) is 0 Å². The summed E-state index contributed by atoms with van der Waals surface area (Å²) in [5, 5.41) is 0. The largest absolute Gasteiger partial charge is 0.456 e. The highest BCUT2D eigenvalue weighted by molar-refractivity contribution is 4.97. The molecule has 0 amide bonds. The second-order valence-corrected chi connectivity index (χ2v) is 4.84. The highest BCUT2D eigenvalue weighted by atomic mass is 19.4. The van der Waals surface area contributed by atoms with Gasteiger partial charge in [0.15, 0.2) is 12.3 Å². The zero-order valence-electron chi connectivity index (χ0n) is 10.7. The van der Waals surface area contributed by atoms with Crippen LogP contribution in [0.3, 0.4) is 0 Å². The summed E-state index contributed by atoms with van der Waals surface area (Å²) in [6.45, 7) is 0. The number of rotatable bonds is 4. The molecule has 1 rings (SSSR count). The Bertz CT molecular complexity index is 375. The van der Waals surface area contributed by atoms with Crippen LogP contribution in [0.15, 0.2) is 0 Å². The Morgan fingerprint density at radius 1 is 0.609 bits per heavy atom. The number of hydrogen-bond acceptors (Lipinski definition) is 1. The maximum Gasteiger partial charge on any atom is 0.456 e. The van der Waals surface area contributed by atoms with Crippen LogP contribution < -0.4 is 0 Å². The summed E-state index contributed by atoms with van der Waals surface area (Å²) in [4.78, 5) is 0. The Morgan fingerprint density at radius 2 is 0.870 bits per heavy atom. The molecule has 23 heavy (non-hydrogen) atoms. The minimum absolute atomic E-state index is 1.08. The number of hydrogen-bond donors (Lipinski definition) is 0. The lowest BCUT2D eigenvalue weighted by molar-refractivity contribution is -0.322. The van der Waals surface area contributed by atoms with Gasteiger partial charge in [-0.2, -0.15) is 43.9 Å². The van der Waals surface area contributed by atoms with E-state index in [-0.39, 0.29) is 0 Å². The second kappa shape index (κ2) is 5.88. The van der Waals surface area contributed by atoms with Crippen molar-refractivity contribution in [2.24, 2.45) is 0 Å². The van der Waals surface area contributed by atoms with Crippen molar-refractivity contribution in [3.05, 3.63) is 0 Å². The Balaban J connectivity index is 2.84. The highest BCUT2D eigenvalue weighted by Gasteiger charge is 2.68. The molecule has 1 heterocycles. The molecule has 138 valence electrons. The normalized spacial score (nSPS) is 27.1. The van der Waals surface area contributed by atoms with Crippen molar-refractivity contribution in [2.45, 2.75) is 61.6 Å². The van der Waals surface area contributed by atoms with Crippen molar-refractivity contribution in [2.75, 3.05) is 0 Å². The molecule has 0 saturated carbocycles. The van der Waals surface area contributed by atoms with Crippen LogP contribution in [-0.4, -0.2) is 48.7 Å². The molecule has 0 N–H and O–H groups in total. The minimum Gasteiger partial charge on any atom is -0.368 e. The average molecular weight is 372 g/mol. The van der Waals surface area contributed by atoms with Crippen LogP contribution in [-0.2, 0) is 4.74 Å². The van der Waals surface area contributed by atoms with E-state index in [4.69, 9.17) is 0 Å². The van der Waals surface area contributed by atoms with E-state index in [1.54, 1.807) is 0 Å². The maximum atomic E-state index is 13.2. The fourth-order valence-corrected chi connectivity index (χ4v) is 1.90. The molecule has 0 radical (unpaired) electrons. The molecular weight excluding hydrogens is 364 g/mol. The molecule has 0 aromatic carbocycles. The topological polar surface area (TPSA) is 9.23 Å². The smallest absolute Gasteiger partial charge is 0.368 e. The summed E-state index contributed by atoms with van der Waals surface area (Å²) < 4.78 is 153. The molecule has 13 heteroatoms. The first-order valence-corrected chi connectivity index (χ1v) is 5.86. The molecule has 0 aromatic heterocycles. The van der Waals surface area contributed by atoms with Gasteiger partial charge in [-0.25, -0.2) is 8.78 Å². The van der Waals surface area contributed by atoms with Gasteiger partial charge in [0.25, 0.3) is 0 Å². The van der Waals surface area contributed by atoms with Gasteiger partial charge < -0.3 is 4.74 Å². The molecule has 1 nitrogen and oxygen atoms in total. The molecular formula is C10H8F12O. The van der Waals surface area contributed by atoms with Gasteiger partial charge in [-0.3, -0.25) is 0 Å². The molecule has 1 fully saturated rings. The summed E-state index contributed by atoms with van der Waals surface area (Å²) >= 11 is 0. The molecule has 1 saturated heterocycles. The van der Waals surface area contributed by atoms with Crippen LogP contribution in [0.2, 0.25) is 0 Å². The molecule has 1 aliphatic heterocycles. The predicted molar refractivity (Wildman–Crippen MR) is 49.7 cm³/mol. The lowest BCUT2D eigenvalue weighted by Gasteiger charge is -2.29. The van der Waals surface area contributed by atoms with Gasteiger partial charge in [0.2, 0.25) is 0 Å². The first kappa shape index (κ1) is 20.2. The van der Waals surface area contributed by atoms with Crippen LogP contribution >= 0.6 is 0 Å². The van der Waals surface area contributed by atoms with Crippen LogP contribution in [0.5, 0.6) is 0 Å². The minimum atomic E-state index is -6.33. The van der Waals surface area contributed by atoms with Crippen molar-refractivity contribution in [3.8, 4) is 0 Å². The van der Waals surface area contributed by atoms with E-state index in [1.165, 1.54) is 0 Å². The highest BCUT2D eigenvalue weighted by Crippen LogP contribution is 2.46. The third-order valence-electron chi connectivity index (χ3n) is 3.19. The molecule has 4 atom stereocenters. The lowest BCUT2D eigenvalue weighted by Crippen LogP contribution is -2.52. The average Bonchev–Trinajstić information content (AvgIpc) is 2.83. The van der Waals surface area contributed by atoms with Crippen LogP contribution in [0.1, 0.15) is 12.8 Å². The Morgan fingerprint density at radius 3 is 1.09 bits per heavy atom. The number of ether oxygens (including phenoxy) is 1. The van der Waals surface area contributed by atoms with E-state index < -0.39 is 61.6 Å². The monoisotopic (exact) mass is 372 g/mol. The van der Waals surface area contributed by atoms with Crippen LogP contribution in [0, 0.1) is 0 Å². The van der Waals surface area contributed by atoms with E-state index in [0.29, 0.717) is 0 Å². The molecule has 4 unspecified atom stereocenters. The van der Waals surface area contributed by atoms with Crippen molar-refractivity contribution < 1.29 is 57.4 Å². The first-order valence-electron chi connectivity index (χ1n) is 5.86. The predicted octanol–water partition coefficient (Wildman–Crippen LogP) is 4.61. The van der Waals surface area contributed by atoms with Crippen LogP contribution in [0.4, 0.5) is 52.7 Å². The Labute approximate surface area is 120 Å². The fourth-order valence-electron chi connectivity index (χ4n) is 1.90. The summed E-state index contributed by atoms with van der Waals surface area (Å²) in [6, 6.07) is 0. The molecule has 1 aliphatic rings. The van der Waals surface area contributed by atoms with Gasteiger partial charge in [-0.05, 0) is 12.8 Å². The Hall–Kier alpha value is -0.880. The van der Waals surface area contributed by atoms with Gasteiger partial charge in [-0.15, -0.1) is 0 Å². The Kier molecular flexibility index (Phi) is 5.16. The van der Waals surface area contributed by atoms with Crippen molar-refractivity contribution in [3.63, 3.8) is 0 Å². The summed E-state index contributed by atoms with van der Waals surface area (Å²) in [6.07, 6.45) is -28.3. The summed E-state index contributed by atoms with van der Waals surface area (Å²) in [5.74, 6) is -11.9. The van der Waals surface area contributed by atoms with Gasteiger partial charge in [0.05, 0.1) is 12.2 Å². The van der Waals surface area contributed by atoms with E-state index >= 15 is 0 Å². The molecule has 0 aromatic rings. The van der Waals surface area contributed by atoms with E-state index in [9.17, 15) is 52.7 Å². The van der Waals surface area contributed by atoms with Gasteiger partial charge in [0, 0.05) is 0 Å². The first-order chi connectivity index (χ1) is 10.0. The molecule has 0 bridgehead atoms. The van der Waals surface area contributed by atoms with Gasteiger partial charge in [0.1, 0.15) is 0 Å². The third-order valence-corrected chi connectivity index (χ3v) is 3.19. The lowest BCUT2D eigenvalue weighted by atomic mass is 10.0. The molecule has 0 aliphatic carbocycles. The number of halogens is 12. The summed E-state index contributed by atoms with van der Waals surface area (Å²) in [7, 11) is 0. The van der Waals surface area contributed by atoms with E-state index in [2.05, 4.69) is 4.74 Å². The fraction of sp³-hybridized carbons (Fsp3) is 1.00. The molecule has 0 spiro atoms. The van der Waals surface area contributed by atoms with Crippen molar-refractivity contribution in [1.82, 2.24) is 0 Å².